The number of carbonyl (C=O) groups excluding carboxylic acids is 1. The summed E-state index contributed by atoms with van der Waals surface area (Å²) in [6.07, 6.45) is 0.851. The van der Waals surface area contributed by atoms with Crippen LogP contribution >= 0.6 is 0 Å². The molecule has 0 saturated carbocycles. The molecule has 27 heavy (non-hydrogen) atoms. The maximum atomic E-state index is 12.2. The Bertz CT molecular complexity index is 877. The quantitative estimate of drug-likeness (QED) is 0.644. The first kappa shape index (κ1) is 20.9. The molecule has 6 nitrogen and oxygen atoms in total. The third-order valence-corrected chi connectivity index (χ3v) is 5.71. The van der Waals surface area contributed by atoms with E-state index in [1.54, 1.807) is 24.3 Å². The van der Waals surface area contributed by atoms with Crippen LogP contribution < -0.4 is 14.8 Å². The third-order valence-electron chi connectivity index (χ3n) is 4.23. The summed E-state index contributed by atoms with van der Waals surface area (Å²) in [6, 6.07) is 12.4. The lowest BCUT2D eigenvalue weighted by Crippen LogP contribution is -2.36. The van der Waals surface area contributed by atoms with Gasteiger partial charge in [0.2, 0.25) is 10.0 Å². The van der Waals surface area contributed by atoms with Gasteiger partial charge in [-0.05, 0) is 61.2 Å². The summed E-state index contributed by atoms with van der Waals surface area (Å²) in [6.45, 7) is 6.16. The Morgan fingerprint density at radius 3 is 2.33 bits per heavy atom. The van der Waals surface area contributed by atoms with Crippen molar-refractivity contribution in [3.8, 4) is 5.75 Å². The van der Waals surface area contributed by atoms with E-state index in [9.17, 15) is 13.2 Å². The molecule has 0 saturated heterocycles. The molecule has 0 heterocycles. The van der Waals surface area contributed by atoms with Gasteiger partial charge in [0.25, 0.3) is 5.91 Å². The third kappa shape index (κ3) is 6.37. The molecule has 0 aromatic heterocycles. The van der Waals surface area contributed by atoms with Crippen molar-refractivity contribution >= 4 is 15.9 Å². The van der Waals surface area contributed by atoms with Crippen LogP contribution in [0.25, 0.3) is 0 Å². The van der Waals surface area contributed by atoms with Crippen LogP contribution in [0.4, 0.5) is 0 Å². The fourth-order valence-electron chi connectivity index (χ4n) is 2.38. The number of hydrogen-bond acceptors (Lipinski definition) is 4. The molecule has 1 amide bonds. The van der Waals surface area contributed by atoms with Crippen molar-refractivity contribution in [3.05, 3.63) is 59.2 Å². The molecule has 0 spiro atoms. The molecule has 7 heteroatoms. The maximum absolute atomic E-state index is 12.2. The highest BCUT2D eigenvalue weighted by atomic mass is 32.2. The van der Waals surface area contributed by atoms with E-state index in [0.717, 1.165) is 23.1 Å². The minimum atomic E-state index is -3.58. The van der Waals surface area contributed by atoms with E-state index >= 15 is 0 Å². The van der Waals surface area contributed by atoms with Gasteiger partial charge >= 0.3 is 0 Å². The second-order valence-electron chi connectivity index (χ2n) is 6.28. The lowest BCUT2D eigenvalue weighted by atomic mass is 10.1. The molecule has 2 aromatic carbocycles. The van der Waals surface area contributed by atoms with Crippen molar-refractivity contribution in [2.75, 3.05) is 19.7 Å². The van der Waals surface area contributed by atoms with Crippen molar-refractivity contribution in [2.24, 2.45) is 0 Å². The summed E-state index contributed by atoms with van der Waals surface area (Å²) in [5, 5.41) is 2.63. The van der Waals surface area contributed by atoms with Gasteiger partial charge in [-0.3, -0.25) is 4.79 Å². The van der Waals surface area contributed by atoms with E-state index in [0.29, 0.717) is 5.75 Å². The average Bonchev–Trinajstić information content (AvgIpc) is 2.66. The van der Waals surface area contributed by atoms with E-state index in [4.69, 9.17) is 4.74 Å². The number of amides is 1. The van der Waals surface area contributed by atoms with Crippen LogP contribution in [0.2, 0.25) is 0 Å². The molecule has 2 rings (SSSR count). The highest BCUT2D eigenvalue weighted by Crippen LogP contribution is 2.16. The van der Waals surface area contributed by atoms with Gasteiger partial charge in [0.15, 0.2) is 6.61 Å². The Balaban J connectivity index is 1.73. The SMILES string of the molecule is CCc1ccc(S(=O)(=O)NCCNC(=O)COc2ccc(C)c(C)c2)cc1. The van der Waals surface area contributed by atoms with Gasteiger partial charge in [0.05, 0.1) is 4.90 Å². The molecule has 146 valence electrons. The van der Waals surface area contributed by atoms with Gasteiger partial charge in [0.1, 0.15) is 5.75 Å². The Morgan fingerprint density at radius 2 is 1.70 bits per heavy atom. The van der Waals surface area contributed by atoms with E-state index in [-0.39, 0.29) is 30.5 Å². The van der Waals surface area contributed by atoms with Crippen molar-refractivity contribution in [1.29, 1.82) is 0 Å². The molecular formula is C20H26N2O4S. The van der Waals surface area contributed by atoms with Crippen LogP contribution in [0.5, 0.6) is 5.75 Å². The summed E-state index contributed by atoms with van der Waals surface area (Å²) < 4.78 is 32.3. The van der Waals surface area contributed by atoms with Crippen molar-refractivity contribution in [1.82, 2.24) is 10.0 Å². The van der Waals surface area contributed by atoms with Gasteiger partial charge in [0, 0.05) is 13.1 Å². The van der Waals surface area contributed by atoms with Crippen molar-refractivity contribution < 1.29 is 17.9 Å². The molecule has 0 atom stereocenters. The first-order valence-electron chi connectivity index (χ1n) is 8.87. The Kier molecular flexibility index (Phi) is 7.38. The lowest BCUT2D eigenvalue weighted by Gasteiger charge is -2.10. The molecule has 2 N–H and O–H groups in total. The average molecular weight is 391 g/mol. The number of nitrogens with one attached hydrogen (secondary N) is 2. The number of hydrogen-bond donors (Lipinski definition) is 2. The number of carbonyl (C=O) groups is 1. The van der Waals surface area contributed by atoms with Crippen LogP contribution in [0.3, 0.4) is 0 Å². The zero-order valence-corrected chi connectivity index (χ0v) is 16.7. The highest BCUT2D eigenvalue weighted by Gasteiger charge is 2.13. The van der Waals surface area contributed by atoms with Gasteiger partial charge in [-0.15, -0.1) is 0 Å². The standard InChI is InChI=1S/C20H26N2O4S/c1-4-17-6-9-19(10-7-17)27(24,25)22-12-11-21-20(23)14-26-18-8-5-15(2)16(3)13-18/h5-10,13,22H,4,11-12,14H2,1-3H3,(H,21,23). The van der Waals surface area contributed by atoms with Crippen LogP contribution in [0.15, 0.2) is 47.4 Å². The number of aryl methyl sites for hydroxylation is 3. The normalized spacial score (nSPS) is 11.2. The zero-order chi connectivity index (χ0) is 19.9. The zero-order valence-electron chi connectivity index (χ0n) is 15.9. The molecule has 2 aromatic rings. The number of benzene rings is 2. The van der Waals surface area contributed by atoms with Crippen molar-refractivity contribution in [2.45, 2.75) is 32.1 Å². The largest absolute Gasteiger partial charge is 0.484 e. The van der Waals surface area contributed by atoms with Crippen LogP contribution in [-0.2, 0) is 21.2 Å². The van der Waals surface area contributed by atoms with Gasteiger partial charge in [-0.2, -0.15) is 0 Å². The van der Waals surface area contributed by atoms with E-state index in [1.165, 1.54) is 0 Å². The molecule has 0 fully saturated rings. The summed E-state index contributed by atoms with van der Waals surface area (Å²) in [5.41, 5.74) is 3.32. The predicted molar refractivity (Wildman–Crippen MR) is 105 cm³/mol. The summed E-state index contributed by atoms with van der Waals surface area (Å²) in [4.78, 5) is 12.0. The Hall–Kier alpha value is -2.38. The minimum absolute atomic E-state index is 0.104. The topological polar surface area (TPSA) is 84.5 Å². The molecule has 0 aliphatic heterocycles. The first-order chi connectivity index (χ1) is 12.8. The second-order valence-corrected chi connectivity index (χ2v) is 8.05. The lowest BCUT2D eigenvalue weighted by molar-refractivity contribution is -0.123. The molecular weight excluding hydrogens is 364 g/mol. The second kappa shape index (κ2) is 9.53. The smallest absolute Gasteiger partial charge is 0.257 e. The first-order valence-corrected chi connectivity index (χ1v) is 10.4. The summed E-state index contributed by atoms with van der Waals surface area (Å²) >= 11 is 0. The minimum Gasteiger partial charge on any atom is -0.484 e. The maximum Gasteiger partial charge on any atom is 0.257 e. The predicted octanol–water partition coefficient (Wildman–Crippen LogP) is 2.34. The van der Waals surface area contributed by atoms with Crippen LogP contribution in [0.1, 0.15) is 23.6 Å². The highest BCUT2D eigenvalue weighted by molar-refractivity contribution is 7.89. The summed E-state index contributed by atoms with van der Waals surface area (Å²) in [7, 11) is -3.58. The number of rotatable bonds is 9. The molecule has 0 radical (unpaired) electrons. The van der Waals surface area contributed by atoms with Gasteiger partial charge in [-0.1, -0.05) is 25.1 Å². The molecule has 0 bridgehead atoms. The molecule has 0 unspecified atom stereocenters. The van der Waals surface area contributed by atoms with E-state index < -0.39 is 10.0 Å². The number of sulfonamides is 1. The van der Waals surface area contributed by atoms with Gasteiger partial charge in [-0.25, -0.2) is 13.1 Å². The van der Waals surface area contributed by atoms with Gasteiger partial charge < -0.3 is 10.1 Å². The fourth-order valence-corrected chi connectivity index (χ4v) is 3.41. The summed E-state index contributed by atoms with van der Waals surface area (Å²) in [5.74, 6) is 0.323. The van der Waals surface area contributed by atoms with Crippen LogP contribution in [-0.4, -0.2) is 34.0 Å². The Labute approximate surface area is 161 Å². The fraction of sp³-hybridized carbons (Fsp3) is 0.350. The molecule has 0 aliphatic rings. The molecule has 0 aliphatic carbocycles. The van der Waals surface area contributed by atoms with Crippen LogP contribution in [0, 0.1) is 13.8 Å². The van der Waals surface area contributed by atoms with Crippen molar-refractivity contribution in [3.63, 3.8) is 0 Å². The van der Waals surface area contributed by atoms with E-state index in [2.05, 4.69) is 10.0 Å². The Morgan fingerprint density at radius 1 is 1.00 bits per heavy atom. The van der Waals surface area contributed by atoms with E-state index in [1.807, 2.05) is 39.0 Å². The number of ether oxygens (including phenoxy) is 1. The monoisotopic (exact) mass is 390 g/mol.